The van der Waals surface area contributed by atoms with Gasteiger partial charge in [-0.25, -0.2) is 4.39 Å². The monoisotopic (exact) mass is 376 g/mol. The van der Waals surface area contributed by atoms with Crippen LogP contribution in [0.3, 0.4) is 0 Å². The van der Waals surface area contributed by atoms with Crippen molar-refractivity contribution in [2.45, 2.75) is 0 Å². The molecular formula is C8H4BrClFIO. The first kappa shape index (κ1) is 11.4. The van der Waals surface area contributed by atoms with Crippen LogP contribution in [0.4, 0.5) is 4.39 Å². The zero-order valence-corrected chi connectivity index (χ0v) is 10.8. The minimum Gasteiger partial charge on any atom is -0.293 e. The van der Waals surface area contributed by atoms with E-state index in [1.807, 2.05) is 22.6 Å². The van der Waals surface area contributed by atoms with Gasteiger partial charge >= 0.3 is 0 Å². The van der Waals surface area contributed by atoms with E-state index in [1.165, 1.54) is 0 Å². The first-order valence-electron chi connectivity index (χ1n) is 3.30. The number of carbonyl (C=O) groups excluding carboxylic acids is 1. The third-order valence-electron chi connectivity index (χ3n) is 1.44. The highest BCUT2D eigenvalue weighted by atomic mass is 127. The Labute approximate surface area is 102 Å². The molecule has 0 spiro atoms. The van der Waals surface area contributed by atoms with E-state index in [4.69, 9.17) is 11.6 Å². The van der Waals surface area contributed by atoms with Gasteiger partial charge in [-0.2, -0.15) is 0 Å². The van der Waals surface area contributed by atoms with E-state index < -0.39 is 11.6 Å². The average molecular weight is 377 g/mol. The van der Waals surface area contributed by atoms with Crippen molar-refractivity contribution in [1.29, 1.82) is 0 Å². The topological polar surface area (TPSA) is 17.1 Å². The molecule has 1 aromatic rings. The number of Topliss-reactive ketones (excluding diaryl/α,β-unsaturated/α-hetero) is 1. The lowest BCUT2D eigenvalue weighted by Crippen LogP contribution is -2.06. The Kier molecular flexibility index (Phi) is 4.12. The lowest BCUT2D eigenvalue weighted by atomic mass is 10.1. The molecule has 0 aliphatic carbocycles. The van der Waals surface area contributed by atoms with Crippen molar-refractivity contribution in [1.82, 2.24) is 0 Å². The summed E-state index contributed by atoms with van der Waals surface area (Å²) in [5.41, 5.74) is 0.0295. The fraction of sp³-hybridized carbons (Fsp3) is 0.125. The van der Waals surface area contributed by atoms with Gasteiger partial charge in [-0.1, -0.05) is 0 Å². The van der Waals surface area contributed by atoms with Crippen molar-refractivity contribution in [2.24, 2.45) is 0 Å². The molecule has 0 aliphatic rings. The van der Waals surface area contributed by atoms with Gasteiger partial charge in [-0.3, -0.25) is 4.79 Å². The predicted molar refractivity (Wildman–Crippen MR) is 61.9 cm³/mol. The van der Waals surface area contributed by atoms with Crippen LogP contribution in [0.15, 0.2) is 16.6 Å². The van der Waals surface area contributed by atoms with Gasteiger partial charge in [0.15, 0.2) is 5.78 Å². The van der Waals surface area contributed by atoms with E-state index in [2.05, 4.69) is 15.9 Å². The maximum Gasteiger partial charge on any atom is 0.181 e. The van der Waals surface area contributed by atoms with Crippen LogP contribution in [0, 0.1) is 9.39 Å². The third kappa shape index (κ3) is 2.41. The van der Waals surface area contributed by atoms with Gasteiger partial charge in [0, 0.05) is 8.04 Å². The Balaban J connectivity index is 3.33. The van der Waals surface area contributed by atoms with Crippen LogP contribution in [0.2, 0.25) is 0 Å². The van der Waals surface area contributed by atoms with Crippen molar-refractivity contribution < 1.29 is 9.18 Å². The molecule has 0 amide bonds. The second kappa shape index (κ2) is 4.70. The van der Waals surface area contributed by atoms with Crippen molar-refractivity contribution in [2.75, 3.05) is 5.88 Å². The molecule has 70 valence electrons. The summed E-state index contributed by atoms with van der Waals surface area (Å²) in [5, 5.41) is 0. The molecule has 5 heteroatoms. The van der Waals surface area contributed by atoms with Gasteiger partial charge in [0.1, 0.15) is 5.82 Å². The summed E-state index contributed by atoms with van der Waals surface area (Å²) >= 11 is 10.3. The van der Waals surface area contributed by atoms with Crippen molar-refractivity contribution >= 4 is 55.9 Å². The number of rotatable bonds is 2. The minimum absolute atomic E-state index is 0.0295. The van der Waals surface area contributed by atoms with Crippen LogP contribution in [0.5, 0.6) is 0 Å². The summed E-state index contributed by atoms with van der Waals surface area (Å²) in [7, 11) is 0. The molecule has 1 rings (SSSR count). The summed E-state index contributed by atoms with van der Waals surface area (Å²) < 4.78 is 14.2. The molecule has 1 nitrogen and oxygen atoms in total. The molecule has 0 saturated heterocycles. The van der Waals surface area contributed by atoms with Crippen LogP contribution in [0.25, 0.3) is 0 Å². The summed E-state index contributed by atoms with van der Waals surface area (Å²) in [5.74, 6) is -1.14. The minimum atomic E-state index is -0.513. The van der Waals surface area contributed by atoms with Gasteiger partial charge in [-0.05, 0) is 50.7 Å². The molecule has 0 atom stereocenters. The first-order valence-corrected chi connectivity index (χ1v) is 5.71. The van der Waals surface area contributed by atoms with Crippen molar-refractivity contribution in [3.05, 3.63) is 31.6 Å². The number of ketones is 1. The summed E-state index contributed by atoms with van der Waals surface area (Å²) in [6.07, 6.45) is 0. The molecule has 0 aliphatic heterocycles. The van der Waals surface area contributed by atoms with Gasteiger partial charge in [-0.15, -0.1) is 11.6 Å². The number of benzene rings is 1. The average Bonchev–Trinajstić information content (AvgIpc) is 2.12. The molecule has 0 aromatic heterocycles. The van der Waals surface area contributed by atoms with E-state index in [1.54, 1.807) is 12.1 Å². The first-order chi connectivity index (χ1) is 6.07. The number of hydrogen-bond acceptors (Lipinski definition) is 1. The quantitative estimate of drug-likeness (QED) is 0.333. The molecule has 1 aromatic carbocycles. The summed E-state index contributed by atoms with van der Waals surface area (Å²) in [6, 6.07) is 3.22. The van der Waals surface area contributed by atoms with Crippen LogP contribution in [-0.2, 0) is 0 Å². The van der Waals surface area contributed by atoms with Crippen molar-refractivity contribution in [3.8, 4) is 0 Å². The highest BCUT2D eigenvalue weighted by Gasteiger charge is 2.16. The van der Waals surface area contributed by atoms with Crippen LogP contribution in [-0.4, -0.2) is 11.7 Å². The Hall–Kier alpha value is 0.320. The molecule has 13 heavy (non-hydrogen) atoms. The fourth-order valence-electron chi connectivity index (χ4n) is 0.849. The molecule has 0 unspecified atom stereocenters. The number of alkyl halides is 1. The van der Waals surface area contributed by atoms with Gasteiger partial charge in [0.05, 0.1) is 11.4 Å². The normalized spacial score (nSPS) is 10.2. The van der Waals surface area contributed by atoms with Crippen LogP contribution >= 0.6 is 50.1 Å². The molecule has 0 saturated carbocycles. The van der Waals surface area contributed by atoms with Crippen LogP contribution in [0.1, 0.15) is 10.4 Å². The van der Waals surface area contributed by atoms with Gasteiger partial charge in [0.25, 0.3) is 0 Å². The molecule has 0 bridgehead atoms. The molecule has 0 N–H and O–H groups in total. The number of halogens is 4. The second-order valence-electron chi connectivity index (χ2n) is 2.27. The third-order valence-corrected chi connectivity index (χ3v) is 3.18. The Bertz CT molecular complexity index is 356. The number of carbonyl (C=O) groups is 1. The zero-order chi connectivity index (χ0) is 10.0. The zero-order valence-electron chi connectivity index (χ0n) is 6.28. The SMILES string of the molecule is O=C(CCl)c1c(Br)ccc(I)c1F. The lowest BCUT2D eigenvalue weighted by Gasteiger charge is -2.04. The van der Waals surface area contributed by atoms with Gasteiger partial charge in [0.2, 0.25) is 0 Å². The highest BCUT2D eigenvalue weighted by molar-refractivity contribution is 14.1. The van der Waals surface area contributed by atoms with E-state index in [-0.39, 0.29) is 11.4 Å². The molecule has 0 fully saturated rings. The smallest absolute Gasteiger partial charge is 0.181 e. The summed E-state index contributed by atoms with van der Waals surface area (Å²) in [6.45, 7) is 0. The van der Waals surface area contributed by atoms with E-state index >= 15 is 0 Å². The largest absolute Gasteiger partial charge is 0.293 e. The van der Waals surface area contributed by atoms with Crippen LogP contribution < -0.4 is 0 Å². The maximum absolute atomic E-state index is 13.4. The maximum atomic E-state index is 13.4. The van der Waals surface area contributed by atoms with Crippen molar-refractivity contribution in [3.63, 3.8) is 0 Å². The van der Waals surface area contributed by atoms with Gasteiger partial charge < -0.3 is 0 Å². The Morgan fingerprint density at radius 3 is 2.77 bits per heavy atom. The van der Waals surface area contributed by atoms with E-state index in [0.717, 1.165) is 0 Å². The van der Waals surface area contributed by atoms with E-state index in [9.17, 15) is 9.18 Å². The highest BCUT2D eigenvalue weighted by Crippen LogP contribution is 2.24. The fourth-order valence-corrected chi connectivity index (χ4v) is 1.96. The molecule has 0 heterocycles. The predicted octanol–water partition coefficient (Wildman–Crippen LogP) is 3.61. The standard InChI is InChI=1S/C8H4BrClFIO/c9-4-1-2-5(12)8(11)7(4)6(13)3-10/h1-2H,3H2. The second-order valence-corrected chi connectivity index (χ2v) is 4.56. The molecule has 0 radical (unpaired) electrons. The summed E-state index contributed by atoms with van der Waals surface area (Å²) in [4.78, 5) is 11.2. The Morgan fingerprint density at radius 2 is 2.23 bits per heavy atom. The lowest BCUT2D eigenvalue weighted by molar-refractivity contribution is 0.101. The Morgan fingerprint density at radius 1 is 1.62 bits per heavy atom. The van der Waals surface area contributed by atoms with E-state index in [0.29, 0.717) is 8.04 Å². The molecular weight excluding hydrogens is 373 g/mol. The number of hydrogen-bond donors (Lipinski definition) is 0.